The quantitative estimate of drug-likeness (QED) is 0.497. The van der Waals surface area contributed by atoms with E-state index < -0.39 is 17.7 Å². The minimum absolute atomic E-state index is 0.0660. The van der Waals surface area contributed by atoms with Crippen molar-refractivity contribution >= 4 is 36.7 Å². The van der Waals surface area contributed by atoms with Gasteiger partial charge in [0.05, 0.1) is 11.3 Å². The predicted octanol–water partition coefficient (Wildman–Crippen LogP) is 1.00. The van der Waals surface area contributed by atoms with Crippen molar-refractivity contribution in [2.45, 2.75) is 0 Å². The Hall–Kier alpha value is -2.89. The molecule has 2 rings (SSSR count). The minimum Gasteiger partial charge on any atom is -0.475 e. The summed E-state index contributed by atoms with van der Waals surface area (Å²) >= 11 is 0. The van der Waals surface area contributed by atoms with Crippen LogP contribution >= 0.6 is 0 Å². The third kappa shape index (κ3) is 3.36. The Morgan fingerprint density at radius 3 is 2.29 bits per heavy atom. The van der Waals surface area contributed by atoms with Crippen LogP contribution in [0.2, 0.25) is 0 Å². The van der Waals surface area contributed by atoms with Crippen LogP contribution in [0.4, 0.5) is 5.69 Å². The molecule has 1 amide bonds. The molecule has 0 fully saturated rings. The Kier molecular flexibility index (Phi) is 4.18. The molecule has 0 aliphatic rings. The second-order valence-electron chi connectivity index (χ2n) is 4.26. The van der Waals surface area contributed by atoms with E-state index in [1.54, 1.807) is 30.3 Å². The van der Waals surface area contributed by atoms with Crippen molar-refractivity contribution in [2.75, 3.05) is 5.32 Å². The lowest BCUT2D eigenvalue weighted by Gasteiger charge is -2.10. The van der Waals surface area contributed by atoms with Crippen molar-refractivity contribution in [3.8, 4) is 0 Å². The number of carboxylic acid groups (broad SMARTS) is 1. The van der Waals surface area contributed by atoms with Crippen molar-refractivity contribution in [1.82, 2.24) is 0 Å². The first kappa shape index (κ1) is 14.5. The number of carboxylic acids is 1. The Morgan fingerprint density at radius 2 is 1.67 bits per heavy atom. The van der Waals surface area contributed by atoms with Gasteiger partial charge in [0.25, 0.3) is 11.7 Å². The van der Waals surface area contributed by atoms with Crippen molar-refractivity contribution < 1.29 is 19.5 Å². The zero-order valence-corrected chi connectivity index (χ0v) is 10.9. The maximum atomic E-state index is 12.1. The normalized spacial score (nSPS) is 9.90. The Bertz CT molecular complexity index is 713. The summed E-state index contributed by atoms with van der Waals surface area (Å²) in [4.78, 5) is 34.5. The van der Waals surface area contributed by atoms with E-state index >= 15 is 0 Å². The Balaban J connectivity index is 2.35. The molecule has 6 heteroatoms. The highest BCUT2D eigenvalue weighted by Gasteiger charge is 2.19. The van der Waals surface area contributed by atoms with E-state index in [-0.39, 0.29) is 11.3 Å². The molecule has 0 aromatic heterocycles. The van der Waals surface area contributed by atoms with Gasteiger partial charge < -0.3 is 10.4 Å². The topological polar surface area (TPSA) is 83.5 Å². The van der Waals surface area contributed by atoms with E-state index in [4.69, 9.17) is 13.0 Å². The molecule has 102 valence electrons. The van der Waals surface area contributed by atoms with Crippen LogP contribution < -0.4 is 10.8 Å². The number of hydrogen-bond donors (Lipinski definition) is 2. The van der Waals surface area contributed by atoms with Gasteiger partial charge in [-0.05, 0) is 24.3 Å². The summed E-state index contributed by atoms with van der Waals surface area (Å²) in [5, 5.41) is 11.3. The molecule has 0 unspecified atom stereocenters. The third-order valence-corrected chi connectivity index (χ3v) is 2.77. The lowest BCUT2D eigenvalue weighted by Crippen LogP contribution is -2.20. The average Bonchev–Trinajstić information content (AvgIpc) is 2.47. The number of amides is 1. The van der Waals surface area contributed by atoms with Gasteiger partial charge in [-0.1, -0.05) is 29.7 Å². The standard InChI is InChI=1S/C15H10BNO4/c16-10-6-7-11(13(18)15(20)21)12(8-10)17-14(19)9-4-2-1-3-5-9/h1-8H,(H,17,19)(H,20,21). The van der Waals surface area contributed by atoms with E-state index in [1.165, 1.54) is 18.2 Å². The molecule has 0 heterocycles. The zero-order chi connectivity index (χ0) is 15.4. The van der Waals surface area contributed by atoms with E-state index in [1.807, 2.05) is 0 Å². The van der Waals surface area contributed by atoms with Gasteiger partial charge in [0.1, 0.15) is 7.85 Å². The molecule has 2 aromatic carbocycles. The number of carbonyl (C=O) groups excluding carboxylic acids is 2. The summed E-state index contributed by atoms with van der Waals surface area (Å²) in [7, 11) is 5.61. The molecule has 21 heavy (non-hydrogen) atoms. The van der Waals surface area contributed by atoms with Crippen LogP contribution in [0.3, 0.4) is 0 Å². The summed E-state index contributed by atoms with van der Waals surface area (Å²) in [6.07, 6.45) is 0. The molecular formula is C15H10BNO4. The van der Waals surface area contributed by atoms with Crippen LogP contribution in [0.15, 0.2) is 48.5 Å². The van der Waals surface area contributed by atoms with Crippen LogP contribution in [-0.2, 0) is 4.79 Å². The molecule has 0 spiro atoms. The van der Waals surface area contributed by atoms with Gasteiger partial charge in [0.15, 0.2) is 0 Å². The number of carbonyl (C=O) groups is 3. The molecule has 2 aromatic rings. The lowest BCUT2D eigenvalue weighted by atomic mass is 9.93. The number of hydrogen-bond acceptors (Lipinski definition) is 3. The van der Waals surface area contributed by atoms with Crippen molar-refractivity contribution in [3.63, 3.8) is 0 Å². The number of nitrogens with one attached hydrogen (secondary N) is 1. The lowest BCUT2D eigenvalue weighted by molar-refractivity contribution is -0.131. The summed E-state index contributed by atoms with van der Waals surface area (Å²) in [5.74, 6) is -3.17. The molecule has 2 radical (unpaired) electrons. The SMILES string of the molecule is [B]c1ccc(C(=O)C(=O)O)c(NC(=O)c2ccccc2)c1. The van der Waals surface area contributed by atoms with Crippen LogP contribution in [0, 0.1) is 0 Å². The summed E-state index contributed by atoms with van der Waals surface area (Å²) in [5.41, 5.74) is 0.631. The summed E-state index contributed by atoms with van der Waals surface area (Å²) in [6.45, 7) is 0. The van der Waals surface area contributed by atoms with Crippen molar-refractivity contribution in [2.24, 2.45) is 0 Å². The summed E-state index contributed by atoms with van der Waals surface area (Å²) < 4.78 is 0. The zero-order valence-electron chi connectivity index (χ0n) is 10.9. The molecular weight excluding hydrogens is 269 g/mol. The van der Waals surface area contributed by atoms with Crippen molar-refractivity contribution in [3.05, 3.63) is 59.7 Å². The fraction of sp³-hybridized carbons (Fsp3) is 0. The molecule has 2 N–H and O–H groups in total. The Labute approximate surface area is 122 Å². The van der Waals surface area contributed by atoms with E-state index in [0.717, 1.165) is 0 Å². The second kappa shape index (κ2) is 6.05. The number of aliphatic carboxylic acids is 1. The molecule has 0 atom stereocenters. The average molecular weight is 279 g/mol. The van der Waals surface area contributed by atoms with Gasteiger partial charge in [0, 0.05) is 5.56 Å². The number of Topliss-reactive ketones (excluding diaryl/α,β-unsaturated/α-hetero) is 1. The van der Waals surface area contributed by atoms with Gasteiger partial charge >= 0.3 is 5.97 Å². The number of benzene rings is 2. The molecule has 0 aliphatic carbocycles. The van der Waals surface area contributed by atoms with Crippen LogP contribution in [-0.4, -0.2) is 30.6 Å². The molecule has 0 saturated carbocycles. The monoisotopic (exact) mass is 279 g/mol. The molecule has 0 aliphatic heterocycles. The third-order valence-electron chi connectivity index (χ3n) is 2.77. The van der Waals surface area contributed by atoms with Gasteiger partial charge in [-0.15, -0.1) is 0 Å². The first-order valence-electron chi connectivity index (χ1n) is 6.02. The first-order chi connectivity index (χ1) is 9.99. The van der Waals surface area contributed by atoms with Crippen molar-refractivity contribution in [1.29, 1.82) is 0 Å². The van der Waals surface area contributed by atoms with E-state index in [9.17, 15) is 14.4 Å². The van der Waals surface area contributed by atoms with Gasteiger partial charge in [-0.25, -0.2) is 4.79 Å². The maximum absolute atomic E-state index is 12.1. The van der Waals surface area contributed by atoms with Crippen LogP contribution in [0.25, 0.3) is 0 Å². The fourth-order valence-electron chi connectivity index (χ4n) is 1.76. The molecule has 5 nitrogen and oxygen atoms in total. The second-order valence-corrected chi connectivity index (χ2v) is 4.26. The number of anilines is 1. The molecule has 0 saturated heterocycles. The fourth-order valence-corrected chi connectivity index (χ4v) is 1.76. The van der Waals surface area contributed by atoms with Crippen LogP contribution in [0.1, 0.15) is 20.7 Å². The van der Waals surface area contributed by atoms with Gasteiger partial charge in [0.2, 0.25) is 0 Å². The van der Waals surface area contributed by atoms with Crippen LogP contribution in [0.5, 0.6) is 0 Å². The maximum Gasteiger partial charge on any atom is 0.377 e. The highest BCUT2D eigenvalue weighted by Crippen LogP contribution is 2.16. The smallest absolute Gasteiger partial charge is 0.377 e. The Morgan fingerprint density at radius 1 is 1.00 bits per heavy atom. The highest BCUT2D eigenvalue weighted by molar-refractivity contribution is 6.42. The van der Waals surface area contributed by atoms with E-state index in [0.29, 0.717) is 11.0 Å². The number of rotatable bonds is 4. The largest absolute Gasteiger partial charge is 0.475 e. The first-order valence-corrected chi connectivity index (χ1v) is 6.02. The summed E-state index contributed by atoms with van der Waals surface area (Å²) in [6, 6.07) is 12.4. The van der Waals surface area contributed by atoms with Gasteiger partial charge in [-0.3, -0.25) is 9.59 Å². The van der Waals surface area contributed by atoms with E-state index in [2.05, 4.69) is 5.32 Å². The molecule has 0 bridgehead atoms. The number of ketones is 1. The highest BCUT2D eigenvalue weighted by atomic mass is 16.4. The van der Waals surface area contributed by atoms with Gasteiger partial charge in [-0.2, -0.15) is 0 Å². The predicted molar refractivity (Wildman–Crippen MR) is 78.2 cm³/mol. The minimum atomic E-state index is -1.60.